The number of carbonyl (C=O) groups is 1. The van der Waals surface area contributed by atoms with Gasteiger partial charge in [-0.15, -0.1) is 0 Å². The number of rotatable bonds is 5. The van der Waals surface area contributed by atoms with Crippen molar-refractivity contribution in [2.24, 2.45) is 0 Å². The Labute approximate surface area is 138 Å². The summed E-state index contributed by atoms with van der Waals surface area (Å²) in [7, 11) is 0. The van der Waals surface area contributed by atoms with E-state index in [2.05, 4.69) is 10.6 Å². The first-order valence-electron chi connectivity index (χ1n) is 7.08. The molecule has 1 aromatic carbocycles. The zero-order valence-electron chi connectivity index (χ0n) is 12.2. The van der Waals surface area contributed by atoms with Gasteiger partial charge in [0.05, 0.1) is 18.4 Å². The summed E-state index contributed by atoms with van der Waals surface area (Å²) in [5.74, 6) is 1.37. The first-order chi connectivity index (χ1) is 11.2. The molecule has 2 heterocycles. The Kier molecular flexibility index (Phi) is 4.68. The minimum absolute atomic E-state index is 0.263. The van der Waals surface area contributed by atoms with E-state index in [4.69, 9.17) is 20.4 Å². The maximum atomic E-state index is 11.8. The molecule has 2 aromatic heterocycles. The fourth-order valence-corrected chi connectivity index (χ4v) is 2.17. The maximum absolute atomic E-state index is 11.8. The number of urea groups is 1. The van der Waals surface area contributed by atoms with Gasteiger partial charge in [-0.05, 0) is 35.9 Å². The molecule has 23 heavy (non-hydrogen) atoms. The van der Waals surface area contributed by atoms with Crippen molar-refractivity contribution < 1.29 is 13.6 Å². The summed E-state index contributed by atoms with van der Waals surface area (Å²) in [5.41, 5.74) is 1.84. The molecule has 0 aliphatic heterocycles. The topological polar surface area (TPSA) is 67.4 Å². The van der Waals surface area contributed by atoms with Gasteiger partial charge in [0.1, 0.15) is 17.8 Å². The zero-order valence-corrected chi connectivity index (χ0v) is 13.0. The fourth-order valence-electron chi connectivity index (χ4n) is 2.05. The smallest absolute Gasteiger partial charge is 0.315 e. The van der Waals surface area contributed by atoms with E-state index in [1.165, 1.54) is 0 Å². The van der Waals surface area contributed by atoms with E-state index in [1.54, 1.807) is 24.7 Å². The molecule has 0 aliphatic carbocycles. The molecule has 0 spiro atoms. The highest BCUT2D eigenvalue weighted by atomic mass is 35.5. The van der Waals surface area contributed by atoms with E-state index in [-0.39, 0.29) is 6.03 Å². The highest BCUT2D eigenvalue weighted by Gasteiger charge is 2.07. The summed E-state index contributed by atoms with van der Waals surface area (Å²) in [6.07, 6.45) is 3.19. The van der Waals surface area contributed by atoms with Gasteiger partial charge < -0.3 is 19.5 Å². The average Bonchev–Trinajstić information content (AvgIpc) is 3.23. The van der Waals surface area contributed by atoms with E-state index in [9.17, 15) is 4.79 Å². The van der Waals surface area contributed by atoms with Crippen LogP contribution in [-0.2, 0) is 13.1 Å². The van der Waals surface area contributed by atoms with Crippen molar-refractivity contribution in [1.82, 2.24) is 10.6 Å². The third kappa shape index (κ3) is 4.17. The minimum atomic E-state index is -0.263. The lowest BCUT2D eigenvalue weighted by Crippen LogP contribution is -2.34. The van der Waals surface area contributed by atoms with Crippen molar-refractivity contribution in [3.63, 3.8) is 0 Å². The number of nitrogens with one attached hydrogen (secondary N) is 2. The van der Waals surface area contributed by atoms with Crippen molar-refractivity contribution in [3.8, 4) is 11.3 Å². The number of hydrogen-bond acceptors (Lipinski definition) is 3. The predicted octanol–water partition coefficient (Wildman–Crippen LogP) is 4.19. The molecule has 0 fully saturated rings. The standard InChI is InChI=1S/C17H15ClN2O3/c18-14-3-1-12(2-4-14)9-19-17(21)20-10-15-5-6-16(23-15)13-7-8-22-11-13/h1-8,11H,9-10H2,(H2,19,20,21). The summed E-state index contributed by atoms with van der Waals surface area (Å²) in [4.78, 5) is 11.8. The molecule has 0 unspecified atom stereocenters. The molecule has 6 heteroatoms. The van der Waals surface area contributed by atoms with Gasteiger partial charge in [-0.25, -0.2) is 4.79 Å². The molecule has 118 valence electrons. The normalized spacial score (nSPS) is 10.5. The number of halogens is 1. The molecule has 0 bridgehead atoms. The highest BCUT2D eigenvalue weighted by molar-refractivity contribution is 6.30. The van der Waals surface area contributed by atoms with Crippen LogP contribution in [0, 0.1) is 0 Å². The number of carbonyl (C=O) groups excluding carboxylic acids is 1. The van der Waals surface area contributed by atoms with Crippen LogP contribution in [0.4, 0.5) is 4.79 Å². The third-order valence-electron chi connectivity index (χ3n) is 3.26. The molecule has 2 N–H and O–H groups in total. The Morgan fingerprint density at radius 2 is 1.78 bits per heavy atom. The van der Waals surface area contributed by atoms with Crippen molar-refractivity contribution in [3.05, 3.63) is 71.3 Å². The van der Waals surface area contributed by atoms with Crippen molar-refractivity contribution >= 4 is 17.6 Å². The van der Waals surface area contributed by atoms with Crippen LogP contribution in [0.25, 0.3) is 11.3 Å². The predicted molar refractivity (Wildman–Crippen MR) is 86.9 cm³/mol. The molecule has 0 atom stereocenters. The van der Waals surface area contributed by atoms with Crippen LogP contribution in [0.3, 0.4) is 0 Å². The van der Waals surface area contributed by atoms with E-state index < -0.39 is 0 Å². The molecule has 0 saturated heterocycles. The lowest BCUT2D eigenvalue weighted by atomic mass is 10.2. The molecule has 0 saturated carbocycles. The summed E-state index contributed by atoms with van der Waals surface area (Å²) in [6.45, 7) is 0.742. The molecule has 0 aliphatic rings. The van der Waals surface area contributed by atoms with Crippen LogP contribution in [0.2, 0.25) is 5.02 Å². The van der Waals surface area contributed by atoms with Crippen LogP contribution in [-0.4, -0.2) is 6.03 Å². The summed E-state index contributed by atoms with van der Waals surface area (Å²) in [5, 5.41) is 6.19. The van der Waals surface area contributed by atoms with Gasteiger partial charge in [-0.2, -0.15) is 0 Å². The summed E-state index contributed by atoms with van der Waals surface area (Å²) >= 11 is 5.81. The fraction of sp³-hybridized carbons (Fsp3) is 0.118. The monoisotopic (exact) mass is 330 g/mol. The molecular formula is C17H15ClN2O3. The lowest BCUT2D eigenvalue weighted by molar-refractivity contribution is 0.239. The second-order valence-corrected chi connectivity index (χ2v) is 5.38. The van der Waals surface area contributed by atoms with Gasteiger partial charge in [0, 0.05) is 11.6 Å². The minimum Gasteiger partial charge on any atom is -0.472 e. The van der Waals surface area contributed by atoms with E-state index in [0.717, 1.165) is 11.1 Å². The SMILES string of the molecule is O=C(NCc1ccc(Cl)cc1)NCc1ccc(-c2ccoc2)o1. The lowest BCUT2D eigenvalue weighted by Gasteiger charge is -2.06. The Hall–Kier alpha value is -2.66. The van der Waals surface area contributed by atoms with Gasteiger partial charge in [0.2, 0.25) is 0 Å². The molecule has 5 nitrogen and oxygen atoms in total. The van der Waals surface area contributed by atoms with Gasteiger partial charge >= 0.3 is 6.03 Å². The Morgan fingerprint density at radius 3 is 2.52 bits per heavy atom. The number of amides is 2. The molecule has 0 radical (unpaired) electrons. The van der Waals surface area contributed by atoms with E-state index >= 15 is 0 Å². The maximum Gasteiger partial charge on any atom is 0.315 e. The van der Waals surface area contributed by atoms with Gasteiger partial charge in [0.25, 0.3) is 0 Å². The summed E-state index contributed by atoms with van der Waals surface area (Å²) < 4.78 is 10.6. The van der Waals surface area contributed by atoms with Gasteiger partial charge in [-0.3, -0.25) is 0 Å². The van der Waals surface area contributed by atoms with Crippen LogP contribution in [0.15, 0.2) is 63.8 Å². The molecule has 2 amide bonds. The van der Waals surface area contributed by atoms with Gasteiger partial charge in [0.15, 0.2) is 0 Å². The highest BCUT2D eigenvalue weighted by Crippen LogP contribution is 2.22. The molecular weight excluding hydrogens is 316 g/mol. The summed E-state index contributed by atoms with van der Waals surface area (Å²) in [6, 6.07) is 12.5. The first kappa shape index (κ1) is 15.2. The van der Waals surface area contributed by atoms with E-state index in [1.807, 2.05) is 30.3 Å². The number of furan rings is 2. The molecule has 3 rings (SSSR count). The number of benzene rings is 1. The van der Waals surface area contributed by atoms with Crippen LogP contribution in [0.5, 0.6) is 0 Å². The van der Waals surface area contributed by atoms with Gasteiger partial charge in [-0.1, -0.05) is 23.7 Å². The molecule has 3 aromatic rings. The zero-order chi connectivity index (χ0) is 16.1. The van der Waals surface area contributed by atoms with Crippen molar-refractivity contribution in [2.45, 2.75) is 13.1 Å². The largest absolute Gasteiger partial charge is 0.472 e. The average molecular weight is 331 g/mol. The quantitative estimate of drug-likeness (QED) is 0.737. The van der Waals surface area contributed by atoms with Crippen molar-refractivity contribution in [2.75, 3.05) is 0 Å². The van der Waals surface area contributed by atoms with Crippen LogP contribution < -0.4 is 10.6 Å². The third-order valence-corrected chi connectivity index (χ3v) is 3.51. The van der Waals surface area contributed by atoms with Crippen LogP contribution in [0.1, 0.15) is 11.3 Å². The Morgan fingerprint density at radius 1 is 1.00 bits per heavy atom. The van der Waals surface area contributed by atoms with E-state index in [0.29, 0.717) is 29.6 Å². The van der Waals surface area contributed by atoms with Crippen LogP contribution >= 0.6 is 11.6 Å². The second-order valence-electron chi connectivity index (χ2n) is 4.94. The second kappa shape index (κ2) is 7.07. The Balaban J connectivity index is 1.46. The van der Waals surface area contributed by atoms with Crippen molar-refractivity contribution in [1.29, 1.82) is 0 Å². The first-order valence-corrected chi connectivity index (χ1v) is 7.46. The Bertz CT molecular complexity index is 764. The number of hydrogen-bond donors (Lipinski definition) is 2.